The molecule has 4 rings (SSSR count). The minimum Gasteiger partial charge on any atom is -0.311 e. The van der Waals surface area contributed by atoms with Crippen LogP contribution in [0.4, 0.5) is 28.4 Å². The lowest BCUT2D eigenvalue weighted by Crippen LogP contribution is -2.09. The molecule has 0 aromatic heterocycles. The third kappa shape index (κ3) is 5.74. The van der Waals surface area contributed by atoms with Crippen LogP contribution in [0.5, 0.6) is 0 Å². The predicted molar refractivity (Wildman–Crippen MR) is 121 cm³/mol. The lowest BCUT2D eigenvalue weighted by atomic mass is 10.2. The second kappa shape index (κ2) is 10.3. The molecule has 0 saturated heterocycles. The zero-order chi connectivity index (χ0) is 22.1. The Morgan fingerprint density at radius 3 is 0.935 bits per heavy atom. The molecule has 0 atom stereocenters. The zero-order valence-electron chi connectivity index (χ0n) is 16.4. The molecule has 0 fully saturated rings. The van der Waals surface area contributed by atoms with E-state index in [4.69, 9.17) is 0 Å². The van der Waals surface area contributed by atoms with Crippen molar-refractivity contribution in [3.63, 3.8) is 0 Å². The molecule has 154 valence electrons. The first kappa shape index (κ1) is 21.2. The number of rotatable bonds is 5. The molecule has 0 amide bonds. The van der Waals surface area contributed by atoms with Gasteiger partial charge >= 0.3 is 0 Å². The van der Waals surface area contributed by atoms with Gasteiger partial charge in [-0.25, -0.2) is 0 Å². The maximum absolute atomic E-state index is 10.1. The van der Waals surface area contributed by atoms with Crippen molar-refractivity contribution in [1.29, 1.82) is 0 Å². The topological polar surface area (TPSA) is 89.5 Å². The van der Waals surface area contributed by atoms with Gasteiger partial charge in [-0.05, 0) is 36.4 Å². The van der Waals surface area contributed by atoms with Gasteiger partial charge in [0, 0.05) is 41.3 Å². The van der Waals surface area contributed by atoms with E-state index >= 15 is 0 Å². The molecule has 0 radical (unpaired) electrons. The molecule has 0 aliphatic carbocycles. The Labute approximate surface area is 179 Å². The van der Waals surface area contributed by atoms with Crippen LogP contribution in [0.3, 0.4) is 0 Å². The van der Waals surface area contributed by atoms with E-state index < -0.39 is 9.85 Å². The van der Waals surface area contributed by atoms with Gasteiger partial charge in [0.05, 0.1) is 9.85 Å². The van der Waals surface area contributed by atoms with Crippen molar-refractivity contribution in [3.05, 3.63) is 135 Å². The Morgan fingerprint density at radius 1 is 0.452 bits per heavy atom. The molecule has 7 heteroatoms. The van der Waals surface area contributed by atoms with Crippen LogP contribution < -0.4 is 4.90 Å². The summed E-state index contributed by atoms with van der Waals surface area (Å²) in [4.78, 5) is 21.3. The molecule has 7 nitrogen and oxygen atoms in total. The van der Waals surface area contributed by atoms with Crippen molar-refractivity contribution in [3.8, 4) is 0 Å². The number of benzene rings is 4. The molecule has 0 bridgehead atoms. The quantitative estimate of drug-likeness (QED) is 0.269. The number of nitro benzene ring substituents is 2. The number of nitro groups is 2. The van der Waals surface area contributed by atoms with Crippen LogP contribution in [-0.4, -0.2) is 9.85 Å². The highest BCUT2D eigenvalue weighted by molar-refractivity contribution is 5.76. The summed E-state index contributed by atoms with van der Waals surface area (Å²) in [5.41, 5.74) is 3.20. The lowest BCUT2D eigenvalue weighted by Gasteiger charge is -2.25. The van der Waals surface area contributed by atoms with Crippen LogP contribution >= 0.6 is 0 Å². The Balaban J connectivity index is 0.000000196. The van der Waals surface area contributed by atoms with Gasteiger partial charge in [-0.2, -0.15) is 0 Å². The Kier molecular flexibility index (Phi) is 7.05. The number of anilines is 3. The second-order valence-corrected chi connectivity index (χ2v) is 6.37. The molecule has 4 aromatic carbocycles. The van der Waals surface area contributed by atoms with E-state index in [-0.39, 0.29) is 11.4 Å². The maximum Gasteiger partial charge on any atom is 0.269 e. The Bertz CT molecular complexity index is 993. The van der Waals surface area contributed by atoms with Crippen molar-refractivity contribution in [2.45, 2.75) is 0 Å². The fraction of sp³-hybridized carbons (Fsp3) is 0. The van der Waals surface area contributed by atoms with Crippen LogP contribution in [0.25, 0.3) is 0 Å². The van der Waals surface area contributed by atoms with E-state index in [1.807, 2.05) is 18.2 Å². The second-order valence-electron chi connectivity index (χ2n) is 6.37. The van der Waals surface area contributed by atoms with Gasteiger partial charge in [0.15, 0.2) is 0 Å². The van der Waals surface area contributed by atoms with E-state index in [2.05, 4.69) is 77.7 Å². The van der Waals surface area contributed by atoms with Gasteiger partial charge in [0.1, 0.15) is 0 Å². The summed E-state index contributed by atoms with van der Waals surface area (Å²) in [6, 6.07) is 35.6. The minimum absolute atomic E-state index is 0.152. The van der Waals surface area contributed by atoms with Crippen molar-refractivity contribution in [1.82, 2.24) is 0 Å². The summed E-state index contributed by atoms with van der Waals surface area (Å²) in [5.74, 6) is 0. The SMILES string of the molecule is O=[N+]([O-])c1ccc([N+](=O)[O-])cc1.c1ccc(N(c2ccccc2)c2ccccc2)cc1. The molecule has 0 aliphatic rings. The summed E-state index contributed by atoms with van der Waals surface area (Å²) in [6.45, 7) is 0. The molecular formula is C24H19N3O4. The van der Waals surface area contributed by atoms with Crippen molar-refractivity contribution < 1.29 is 9.85 Å². The summed E-state index contributed by atoms with van der Waals surface area (Å²) < 4.78 is 0. The first-order valence-corrected chi connectivity index (χ1v) is 9.40. The first-order valence-electron chi connectivity index (χ1n) is 9.40. The summed E-state index contributed by atoms with van der Waals surface area (Å²) in [5, 5.41) is 20.2. The van der Waals surface area contributed by atoms with Gasteiger partial charge in [0.25, 0.3) is 11.4 Å². The van der Waals surface area contributed by atoms with E-state index in [1.54, 1.807) is 0 Å². The van der Waals surface area contributed by atoms with Gasteiger partial charge in [-0.1, -0.05) is 54.6 Å². The molecular weight excluding hydrogens is 394 g/mol. The van der Waals surface area contributed by atoms with Gasteiger partial charge in [-0.15, -0.1) is 0 Å². The maximum atomic E-state index is 10.1. The van der Waals surface area contributed by atoms with Crippen molar-refractivity contribution in [2.24, 2.45) is 0 Å². The van der Waals surface area contributed by atoms with Crippen LogP contribution in [0, 0.1) is 20.2 Å². The number of hydrogen-bond acceptors (Lipinski definition) is 5. The molecule has 0 saturated carbocycles. The summed E-state index contributed by atoms with van der Waals surface area (Å²) >= 11 is 0. The highest BCUT2D eigenvalue weighted by atomic mass is 16.6. The zero-order valence-corrected chi connectivity index (χ0v) is 16.4. The molecule has 0 unspecified atom stereocenters. The standard InChI is InChI=1S/C18H15N.C6H4N2O4/c1-4-10-16(11-5-1)19(17-12-6-2-7-13-17)18-14-8-3-9-15-18;9-7(10)5-1-2-6(4-3-5)8(11)12/h1-15H;1-4H. The van der Waals surface area contributed by atoms with E-state index in [1.165, 1.54) is 17.1 Å². The Morgan fingerprint density at radius 2 is 0.710 bits per heavy atom. The van der Waals surface area contributed by atoms with Crippen molar-refractivity contribution in [2.75, 3.05) is 4.90 Å². The average Bonchev–Trinajstić information content (AvgIpc) is 2.82. The monoisotopic (exact) mass is 413 g/mol. The number of hydrogen-bond donors (Lipinski definition) is 0. The molecule has 31 heavy (non-hydrogen) atoms. The number of nitrogens with zero attached hydrogens (tertiary/aromatic N) is 3. The molecule has 4 aromatic rings. The van der Waals surface area contributed by atoms with Gasteiger partial charge < -0.3 is 4.90 Å². The third-order valence-corrected chi connectivity index (χ3v) is 4.31. The normalized spacial score (nSPS) is 9.81. The van der Waals surface area contributed by atoms with Crippen molar-refractivity contribution >= 4 is 28.4 Å². The molecule has 0 heterocycles. The molecule has 0 spiro atoms. The first-order chi connectivity index (χ1) is 15.1. The highest BCUT2D eigenvalue weighted by Gasteiger charge is 2.10. The van der Waals surface area contributed by atoms with E-state index in [9.17, 15) is 20.2 Å². The fourth-order valence-electron chi connectivity index (χ4n) is 2.87. The van der Waals surface area contributed by atoms with E-state index in [0.29, 0.717) is 0 Å². The van der Waals surface area contributed by atoms with Gasteiger partial charge in [0.2, 0.25) is 0 Å². The predicted octanol–water partition coefficient (Wildman–Crippen LogP) is 6.66. The lowest BCUT2D eigenvalue weighted by molar-refractivity contribution is -0.389. The number of non-ortho nitro benzene ring substituents is 2. The van der Waals surface area contributed by atoms with E-state index in [0.717, 1.165) is 24.3 Å². The van der Waals surface area contributed by atoms with Crippen LogP contribution in [0.2, 0.25) is 0 Å². The summed E-state index contributed by atoms with van der Waals surface area (Å²) in [7, 11) is 0. The average molecular weight is 413 g/mol. The highest BCUT2D eigenvalue weighted by Crippen LogP contribution is 2.33. The van der Waals surface area contributed by atoms with Crippen LogP contribution in [0.15, 0.2) is 115 Å². The Hall–Kier alpha value is -4.52. The smallest absolute Gasteiger partial charge is 0.269 e. The largest absolute Gasteiger partial charge is 0.311 e. The third-order valence-electron chi connectivity index (χ3n) is 4.31. The molecule has 0 N–H and O–H groups in total. The van der Waals surface area contributed by atoms with Crippen LogP contribution in [0.1, 0.15) is 0 Å². The van der Waals surface area contributed by atoms with Gasteiger partial charge in [-0.3, -0.25) is 20.2 Å². The van der Waals surface area contributed by atoms with Crippen LogP contribution in [-0.2, 0) is 0 Å². The fourth-order valence-corrected chi connectivity index (χ4v) is 2.87. The summed E-state index contributed by atoms with van der Waals surface area (Å²) in [6.07, 6.45) is 0. The number of para-hydroxylation sites is 3. The molecule has 0 aliphatic heterocycles. The minimum atomic E-state index is -0.607.